The lowest BCUT2D eigenvalue weighted by Crippen LogP contribution is -2.03. The van der Waals surface area contributed by atoms with Crippen molar-refractivity contribution in [3.63, 3.8) is 0 Å². The number of carbonyl (C=O) groups excluding carboxylic acids is 2. The number of methoxy groups -OCH3 is 1. The Hall–Kier alpha value is -3.60. The van der Waals surface area contributed by atoms with Crippen LogP contribution in [0.25, 0.3) is 0 Å². The summed E-state index contributed by atoms with van der Waals surface area (Å²) in [6.45, 7) is 3.82. The Morgan fingerprint density at radius 3 is 2.33 bits per heavy atom. The number of nitrogens with one attached hydrogen (secondary N) is 1. The molecule has 3 aromatic rings. The van der Waals surface area contributed by atoms with E-state index >= 15 is 0 Å². The lowest BCUT2D eigenvalue weighted by atomic mass is 10.0. The molecule has 0 unspecified atom stereocenters. The van der Waals surface area contributed by atoms with Crippen LogP contribution in [0.3, 0.4) is 0 Å². The fraction of sp³-hybridized carbons (Fsp3) is 0.200. The Balaban J connectivity index is 1.65. The number of hydrogen-bond donors (Lipinski definition) is 2. The molecule has 0 aliphatic rings. The maximum atomic E-state index is 11.7. The van der Waals surface area contributed by atoms with E-state index < -0.39 is 0 Å². The molecule has 3 rings (SSSR count). The molecule has 0 atom stereocenters. The van der Waals surface area contributed by atoms with Gasteiger partial charge in [-0.25, -0.2) is 4.79 Å². The second-order valence-corrected chi connectivity index (χ2v) is 7.23. The van der Waals surface area contributed by atoms with E-state index in [4.69, 9.17) is 4.74 Å². The zero-order chi connectivity index (χ0) is 21.7. The van der Waals surface area contributed by atoms with Gasteiger partial charge in [0, 0.05) is 17.8 Å². The van der Waals surface area contributed by atoms with Crippen LogP contribution in [0.5, 0.6) is 5.75 Å². The number of ether oxygens (including phenoxy) is 1. The van der Waals surface area contributed by atoms with Gasteiger partial charge in [0.25, 0.3) is 0 Å². The maximum Gasteiger partial charge on any atom is 0.337 e. The second kappa shape index (κ2) is 9.27. The van der Waals surface area contributed by atoms with Gasteiger partial charge in [-0.3, -0.25) is 4.79 Å². The molecular formula is C25H25NO4. The number of hydrogen-bond acceptors (Lipinski definition) is 5. The number of Topliss-reactive ketones (excluding diaryl/α,β-unsaturated/α-hetero) is 1. The zero-order valence-electron chi connectivity index (χ0n) is 17.4. The van der Waals surface area contributed by atoms with Crippen LogP contribution in [-0.2, 0) is 17.7 Å². The minimum atomic E-state index is -0.337. The molecule has 0 saturated carbocycles. The molecule has 0 aliphatic heterocycles. The monoisotopic (exact) mass is 403 g/mol. The summed E-state index contributed by atoms with van der Waals surface area (Å²) in [4.78, 5) is 23.2. The van der Waals surface area contributed by atoms with E-state index in [2.05, 4.69) is 17.4 Å². The molecule has 0 aliphatic carbocycles. The third-order valence-electron chi connectivity index (χ3n) is 5.07. The van der Waals surface area contributed by atoms with Crippen molar-refractivity contribution >= 4 is 17.4 Å². The average Bonchev–Trinajstić information content (AvgIpc) is 2.75. The minimum absolute atomic E-state index is 0.0250. The summed E-state index contributed by atoms with van der Waals surface area (Å²) in [5.74, 6) is -0.470. The van der Waals surface area contributed by atoms with Crippen LogP contribution in [-0.4, -0.2) is 24.0 Å². The van der Waals surface area contributed by atoms with E-state index in [1.807, 2.05) is 36.4 Å². The summed E-state index contributed by atoms with van der Waals surface area (Å²) in [5.41, 5.74) is 5.60. The van der Waals surface area contributed by atoms with Crippen LogP contribution < -0.4 is 5.32 Å². The Bertz CT molecular complexity index is 1070. The van der Waals surface area contributed by atoms with Crippen molar-refractivity contribution in [1.29, 1.82) is 0 Å². The molecule has 0 saturated heterocycles. The van der Waals surface area contributed by atoms with Crippen molar-refractivity contribution in [2.45, 2.75) is 26.8 Å². The number of anilines is 1. The van der Waals surface area contributed by atoms with Gasteiger partial charge in [-0.2, -0.15) is 0 Å². The Morgan fingerprint density at radius 1 is 0.967 bits per heavy atom. The Morgan fingerprint density at radius 2 is 1.67 bits per heavy atom. The minimum Gasteiger partial charge on any atom is -0.507 e. The molecule has 5 heteroatoms. The van der Waals surface area contributed by atoms with Crippen molar-refractivity contribution in [2.24, 2.45) is 0 Å². The molecule has 2 N–H and O–H groups in total. The van der Waals surface area contributed by atoms with Crippen LogP contribution >= 0.6 is 0 Å². The van der Waals surface area contributed by atoms with Crippen LogP contribution in [0.4, 0.5) is 5.69 Å². The van der Waals surface area contributed by atoms with Crippen LogP contribution in [0, 0.1) is 6.92 Å². The SMILES string of the molecule is COC(=O)c1cccc(Cc2ccc(CNc3ccc(C(C)=O)c(O)c3C)cc2)c1. The van der Waals surface area contributed by atoms with Crippen molar-refractivity contribution < 1.29 is 19.4 Å². The first-order valence-electron chi connectivity index (χ1n) is 9.71. The first-order chi connectivity index (χ1) is 14.4. The summed E-state index contributed by atoms with van der Waals surface area (Å²) in [7, 11) is 1.38. The summed E-state index contributed by atoms with van der Waals surface area (Å²) in [5, 5.41) is 13.5. The maximum absolute atomic E-state index is 11.7. The average molecular weight is 403 g/mol. The van der Waals surface area contributed by atoms with Gasteiger partial charge >= 0.3 is 5.97 Å². The number of phenolic OH excluding ortho intramolecular Hbond substituents is 1. The molecule has 30 heavy (non-hydrogen) atoms. The molecular weight excluding hydrogens is 378 g/mol. The van der Waals surface area contributed by atoms with E-state index in [0.29, 0.717) is 23.2 Å². The standard InChI is InChI=1S/C25H25NO4/c1-16-23(12-11-22(17(2)27)24(16)28)26-15-19-9-7-18(8-10-19)13-20-5-4-6-21(14-20)25(29)30-3/h4-12,14,26,28H,13,15H2,1-3H3. The van der Waals surface area contributed by atoms with E-state index in [1.54, 1.807) is 19.1 Å². The number of ketones is 1. The highest BCUT2D eigenvalue weighted by atomic mass is 16.5. The number of phenols is 1. The van der Waals surface area contributed by atoms with Gasteiger partial charge in [-0.1, -0.05) is 36.4 Å². The normalized spacial score (nSPS) is 10.5. The van der Waals surface area contributed by atoms with E-state index in [-0.39, 0.29) is 17.5 Å². The first-order valence-corrected chi connectivity index (χ1v) is 9.71. The lowest BCUT2D eigenvalue weighted by Gasteiger charge is -2.13. The largest absolute Gasteiger partial charge is 0.507 e. The van der Waals surface area contributed by atoms with Gasteiger partial charge in [0.2, 0.25) is 0 Å². The first kappa shape index (κ1) is 21.1. The summed E-state index contributed by atoms with van der Waals surface area (Å²) in [6.07, 6.45) is 0.720. The molecule has 5 nitrogen and oxygen atoms in total. The molecule has 0 heterocycles. The predicted molar refractivity (Wildman–Crippen MR) is 117 cm³/mol. The number of carbonyl (C=O) groups is 2. The van der Waals surface area contributed by atoms with Crippen LogP contribution in [0.1, 0.15) is 49.9 Å². The van der Waals surface area contributed by atoms with Gasteiger partial charge in [0.05, 0.1) is 18.2 Å². The van der Waals surface area contributed by atoms with Gasteiger partial charge in [-0.15, -0.1) is 0 Å². The molecule has 0 spiro atoms. The highest BCUT2D eigenvalue weighted by Crippen LogP contribution is 2.29. The highest BCUT2D eigenvalue weighted by Gasteiger charge is 2.12. The van der Waals surface area contributed by atoms with E-state index in [0.717, 1.165) is 28.8 Å². The number of aromatic hydroxyl groups is 1. The fourth-order valence-corrected chi connectivity index (χ4v) is 3.31. The number of benzene rings is 3. The Labute approximate surface area is 176 Å². The van der Waals surface area contributed by atoms with Crippen molar-refractivity contribution in [3.8, 4) is 5.75 Å². The van der Waals surface area contributed by atoms with E-state index in [1.165, 1.54) is 14.0 Å². The number of esters is 1. The Kier molecular flexibility index (Phi) is 6.52. The molecule has 0 radical (unpaired) electrons. The quantitative estimate of drug-likeness (QED) is 0.434. The number of rotatable bonds is 7. The zero-order valence-corrected chi connectivity index (χ0v) is 17.4. The molecule has 0 fully saturated rings. The summed E-state index contributed by atoms with van der Waals surface area (Å²) >= 11 is 0. The van der Waals surface area contributed by atoms with Gasteiger partial charge < -0.3 is 15.2 Å². The van der Waals surface area contributed by atoms with E-state index in [9.17, 15) is 14.7 Å². The van der Waals surface area contributed by atoms with Crippen molar-refractivity contribution in [1.82, 2.24) is 0 Å². The lowest BCUT2D eigenvalue weighted by molar-refractivity contribution is 0.0600. The second-order valence-electron chi connectivity index (χ2n) is 7.23. The third-order valence-corrected chi connectivity index (χ3v) is 5.07. The highest BCUT2D eigenvalue weighted by molar-refractivity contribution is 5.97. The van der Waals surface area contributed by atoms with Gasteiger partial charge in [0.1, 0.15) is 5.75 Å². The fourth-order valence-electron chi connectivity index (χ4n) is 3.31. The predicted octanol–water partition coefficient (Wildman–Crippen LogP) is 4.89. The summed E-state index contributed by atoms with van der Waals surface area (Å²) < 4.78 is 4.78. The van der Waals surface area contributed by atoms with Crippen LogP contribution in [0.15, 0.2) is 60.7 Å². The van der Waals surface area contributed by atoms with Crippen LogP contribution in [0.2, 0.25) is 0 Å². The van der Waals surface area contributed by atoms with Crippen molar-refractivity contribution in [2.75, 3.05) is 12.4 Å². The van der Waals surface area contributed by atoms with Gasteiger partial charge in [0.15, 0.2) is 5.78 Å². The van der Waals surface area contributed by atoms with Crippen molar-refractivity contribution in [3.05, 3.63) is 94.0 Å². The van der Waals surface area contributed by atoms with Gasteiger partial charge in [-0.05, 0) is 61.2 Å². The smallest absolute Gasteiger partial charge is 0.337 e. The molecule has 154 valence electrons. The third kappa shape index (κ3) is 4.87. The molecule has 0 aromatic heterocycles. The molecule has 0 bridgehead atoms. The topological polar surface area (TPSA) is 75.6 Å². The molecule has 0 amide bonds. The molecule has 3 aromatic carbocycles. The summed E-state index contributed by atoms with van der Waals surface area (Å²) in [6, 6.07) is 19.1.